The van der Waals surface area contributed by atoms with Crippen LogP contribution in [0.25, 0.3) is 11.0 Å². The largest absolute Gasteiger partial charge is 0.451 e. The van der Waals surface area contributed by atoms with E-state index in [1.54, 1.807) is 36.4 Å². The molecule has 4 rings (SSSR count). The number of nitrogens with zero attached hydrogens (tertiary/aromatic N) is 1. The number of nitro benzene ring substituents is 1. The van der Waals surface area contributed by atoms with Crippen molar-refractivity contribution >= 4 is 57.2 Å². The first-order chi connectivity index (χ1) is 15.9. The molecular weight excluding hydrogens is 444 g/mol. The van der Waals surface area contributed by atoms with Gasteiger partial charge in [-0.2, -0.15) is 0 Å². The van der Waals surface area contributed by atoms with Gasteiger partial charge < -0.3 is 15.1 Å². The second kappa shape index (κ2) is 9.28. The molecule has 0 aliphatic carbocycles. The van der Waals surface area contributed by atoms with Crippen molar-refractivity contribution in [2.45, 2.75) is 0 Å². The number of hydrogen-bond acceptors (Lipinski definition) is 6. The molecule has 0 fully saturated rings. The molecule has 0 aliphatic heterocycles. The van der Waals surface area contributed by atoms with Crippen molar-refractivity contribution in [3.8, 4) is 0 Å². The summed E-state index contributed by atoms with van der Waals surface area (Å²) < 4.78 is 5.57. The van der Waals surface area contributed by atoms with E-state index in [9.17, 15) is 19.7 Å². The normalized spacial score (nSPS) is 10.4. The lowest BCUT2D eigenvalue weighted by Crippen LogP contribution is -2.34. The van der Waals surface area contributed by atoms with Crippen LogP contribution in [0.15, 0.2) is 83.3 Å². The summed E-state index contributed by atoms with van der Waals surface area (Å²) in [7, 11) is 0. The van der Waals surface area contributed by atoms with Crippen molar-refractivity contribution in [3.63, 3.8) is 0 Å². The van der Waals surface area contributed by atoms with Gasteiger partial charge in [-0.3, -0.25) is 25.0 Å². The number of benzene rings is 3. The summed E-state index contributed by atoms with van der Waals surface area (Å²) in [6.07, 6.45) is 0. The monoisotopic (exact) mass is 460 g/mol. The van der Waals surface area contributed by atoms with Crippen molar-refractivity contribution in [1.29, 1.82) is 0 Å². The first-order valence-electron chi connectivity index (χ1n) is 9.66. The predicted octanol–water partition coefficient (Wildman–Crippen LogP) is 4.72. The number of rotatable bonds is 5. The highest BCUT2D eigenvalue weighted by Gasteiger charge is 2.14. The van der Waals surface area contributed by atoms with E-state index in [1.807, 2.05) is 18.2 Å². The molecular formula is C23H16N4O5S. The fraction of sp³-hybridized carbons (Fsp3) is 0. The van der Waals surface area contributed by atoms with Gasteiger partial charge in [-0.15, -0.1) is 0 Å². The first kappa shape index (κ1) is 21.7. The highest BCUT2D eigenvalue weighted by molar-refractivity contribution is 7.80. The van der Waals surface area contributed by atoms with Crippen molar-refractivity contribution in [3.05, 3.63) is 100 Å². The van der Waals surface area contributed by atoms with Gasteiger partial charge in [-0.1, -0.05) is 30.3 Å². The number of carbonyl (C=O) groups is 2. The molecule has 0 atom stereocenters. The average Bonchev–Trinajstić information content (AvgIpc) is 3.24. The minimum absolute atomic E-state index is 0.00716. The SMILES string of the molecule is O=C(NC(=S)Nc1cccc(NC(=O)c2cc3ccccc3o2)c1)c1cccc([N+](=O)[O-])c1. The molecule has 1 aromatic heterocycles. The number of nitrogens with one attached hydrogen (secondary N) is 3. The Hall–Kier alpha value is -4.57. The molecule has 0 aliphatic rings. The topological polar surface area (TPSA) is 127 Å². The average molecular weight is 460 g/mol. The molecule has 9 nitrogen and oxygen atoms in total. The van der Waals surface area contributed by atoms with E-state index in [4.69, 9.17) is 16.6 Å². The Labute approximate surface area is 192 Å². The number of fused-ring (bicyclic) bond motifs is 1. The smallest absolute Gasteiger partial charge is 0.291 e. The van der Waals surface area contributed by atoms with E-state index in [0.29, 0.717) is 17.0 Å². The molecule has 3 N–H and O–H groups in total. The molecule has 2 amide bonds. The Balaban J connectivity index is 1.39. The van der Waals surface area contributed by atoms with Crippen LogP contribution >= 0.6 is 12.2 Å². The van der Waals surface area contributed by atoms with Crippen molar-refractivity contribution in [2.24, 2.45) is 0 Å². The highest BCUT2D eigenvalue weighted by atomic mass is 32.1. The third-order valence-electron chi connectivity index (χ3n) is 4.57. The second-order valence-corrected chi connectivity index (χ2v) is 7.31. The third kappa shape index (κ3) is 5.20. The molecule has 0 saturated heterocycles. The van der Waals surface area contributed by atoms with Crippen LogP contribution in [-0.4, -0.2) is 21.9 Å². The number of furan rings is 1. The summed E-state index contributed by atoms with van der Waals surface area (Å²) in [6.45, 7) is 0. The maximum atomic E-state index is 12.5. The third-order valence-corrected chi connectivity index (χ3v) is 4.78. The Morgan fingerprint density at radius 3 is 2.33 bits per heavy atom. The Bertz CT molecular complexity index is 1370. The van der Waals surface area contributed by atoms with Crippen molar-refractivity contribution < 1.29 is 18.9 Å². The van der Waals surface area contributed by atoms with Crippen LogP contribution in [0.2, 0.25) is 0 Å². The number of hydrogen-bond donors (Lipinski definition) is 3. The summed E-state index contributed by atoms with van der Waals surface area (Å²) in [5.41, 5.74) is 1.51. The van der Waals surface area contributed by atoms with Gasteiger partial charge in [-0.25, -0.2) is 0 Å². The summed E-state index contributed by atoms with van der Waals surface area (Å²) in [5, 5.41) is 19.8. The number of nitro groups is 1. The molecule has 1 heterocycles. The molecule has 164 valence electrons. The molecule has 0 spiro atoms. The van der Waals surface area contributed by atoms with Crippen LogP contribution in [0.1, 0.15) is 20.9 Å². The van der Waals surface area contributed by atoms with Gasteiger partial charge in [-0.05, 0) is 48.6 Å². The summed E-state index contributed by atoms with van der Waals surface area (Å²) >= 11 is 5.16. The lowest BCUT2D eigenvalue weighted by atomic mass is 10.2. The van der Waals surface area contributed by atoms with Crippen LogP contribution in [0, 0.1) is 10.1 Å². The summed E-state index contributed by atoms with van der Waals surface area (Å²) in [6, 6.07) is 21.0. The molecule has 0 saturated carbocycles. The van der Waals surface area contributed by atoms with Gasteiger partial charge in [0.05, 0.1) is 4.92 Å². The van der Waals surface area contributed by atoms with E-state index in [-0.39, 0.29) is 22.1 Å². The maximum absolute atomic E-state index is 12.5. The van der Waals surface area contributed by atoms with Crippen LogP contribution in [-0.2, 0) is 0 Å². The number of amides is 2. The fourth-order valence-electron chi connectivity index (χ4n) is 3.06. The van der Waals surface area contributed by atoms with Gasteiger partial charge in [0, 0.05) is 34.5 Å². The molecule has 33 heavy (non-hydrogen) atoms. The lowest BCUT2D eigenvalue weighted by molar-refractivity contribution is -0.384. The van der Waals surface area contributed by atoms with Gasteiger partial charge >= 0.3 is 0 Å². The zero-order valence-corrected chi connectivity index (χ0v) is 17.7. The molecule has 10 heteroatoms. The van der Waals surface area contributed by atoms with Gasteiger partial charge in [0.25, 0.3) is 17.5 Å². The number of thiocarbonyl (C=S) groups is 1. The molecule has 0 bridgehead atoms. The van der Waals surface area contributed by atoms with E-state index in [2.05, 4.69) is 16.0 Å². The zero-order chi connectivity index (χ0) is 23.4. The second-order valence-electron chi connectivity index (χ2n) is 6.90. The highest BCUT2D eigenvalue weighted by Crippen LogP contribution is 2.21. The fourth-order valence-corrected chi connectivity index (χ4v) is 3.27. The van der Waals surface area contributed by atoms with E-state index < -0.39 is 16.7 Å². The number of carbonyl (C=O) groups excluding carboxylic acids is 2. The Morgan fingerprint density at radius 2 is 1.58 bits per heavy atom. The van der Waals surface area contributed by atoms with Crippen molar-refractivity contribution in [2.75, 3.05) is 10.6 Å². The predicted molar refractivity (Wildman–Crippen MR) is 127 cm³/mol. The minimum Gasteiger partial charge on any atom is -0.451 e. The van der Waals surface area contributed by atoms with Gasteiger partial charge in [0.15, 0.2) is 10.9 Å². The molecule has 4 aromatic rings. The summed E-state index contributed by atoms with van der Waals surface area (Å²) in [5.74, 6) is -0.829. The van der Waals surface area contributed by atoms with Crippen LogP contribution < -0.4 is 16.0 Å². The van der Waals surface area contributed by atoms with Gasteiger partial charge in [0.1, 0.15) is 5.58 Å². The van der Waals surface area contributed by atoms with Crippen LogP contribution in [0.5, 0.6) is 0 Å². The summed E-state index contributed by atoms with van der Waals surface area (Å²) in [4.78, 5) is 35.2. The lowest BCUT2D eigenvalue weighted by Gasteiger charge is -2.11. The first-order valence-corrected chi connectivity index (χ1v) is 10.1. The molecule has 3 aromatic carbocycles. The number of anilines is 2. The van der Waals surface area contributed by atoms with Crippen LogP contribution in [0.4, 0.5) is 17.1 Å². The Morgan fingerprint density at radius 1 is 0.848 bits per heavy atom. The van der Waals surface area contributed by atoms with Gasteiger partial charge in [0.2, 0.25) is 0 Å². The molecule has 0 radical (unpaired) electrons. The van der Waals surface area contributed by atoms with Crippen LogP contribution in [0.3, 0.4) is 0 Å². The van der Waals surface area contributed by atoms with Crippen molar-refractivity contribution in [1.82, 2.24) is 5.32 Å². The number of para-hydroxylation sites is 1. The number of non-ortho nitro benzene ring substituents is 1. The maximum Gasteiger partial charge on any atom is 0.291 e. The van der Waals surface area contributed by atoms with E-state index in [0.717, 1.165) is 11.5 Å². The standard InChI is InChI=1S/C23H16N4O5S/c28-21(15-6-3-9-18(11-15)27(30)31)26-23(33)25-17-8-4-7-16(13-17)24-22(29)20-12-14-5-1-2-10-19(14)32-20/h1-13H,(H,24,29)(H2,25,26,28,33). The molecule has 0 unspecified atom stereocenters. The zero-order valence-electron chi connectivity index (χ0n) is 16.9. The minimum atomic E-state index is -0.592. The van der Waals surface area contributed by atoms with E-state index >= 15 is 0 Å². The Kier molecular flexibility index (Phi) is 6.09. The van der Waals surface area contributed by atoms with E-state index in [1.165, 1.54) is 18.2 Å². The quantitative estimate of drug-likeness (QED) is 0.223.